The number of anilines is 2. The quantitative estimate of drug-likeness (QED) is 0.408. The molecule has 0 radical (unpaired) electrons. The van der Waals surface area contributed by atoms with E-state index >= 15 is 0 Å². The Kier molecular flexibility index (Phi) is 7.64. The van der Waals surface area contributed by atoms with Gasteiger partial charge in [-0.25, -0.2) is 0 Å². The number of pyridine rings is 1. The van der Waals surface area contributed by atoms with Crippen LogP contribution in [0, 0.1) is 6.92 Å². The molecule has 1 saturated heterocycles. The number of nitrogens with zero attached hydrogens (tertiary/aromatic N) is 3. The summed E-state index contributed by atoms with van der Waals surface area (Å²) in [6.45, 7) is 9.98. The van der Waals surface area contributed by atoms with E-state index in [2.05, 4.69) is 52.5 Å². The molecule has 154 valence electrons. The molecule has 6 heteroatoms. The number of benzene rings is 1. The second kappa shape index (κ2) is 10.6. The van der Waals surface area contributed by atoms with Crippen molar-refractivity contribution in [1.82, 2.24) is 4.98 Å². The van der Waals surface area contributed by atoms with Gasteiger partial charge in [0.1, 0.15) is 0 Å². The maximum atomic E-state index is 5.93. The van der Waals surface area contributed by atoms with Gasteiger partial charge in [-0.05, 0) is 26.3 Å². The smallest absolute Gasteiger partial charge is 0.217 e. The molecule has 3 rings (SSSR count). The van der Waals surface area contributed by atoms with Gasteiger partial charge < -0.3 is 14.4 Å². The minimum absolute atomic E-state index is 0.599. The van der Waals surface area contributed by atoms with E-state index in [9.17, 15) is 0 Å². The number of nitrogens with one attached hydrogen (secondary N) is 1. The highest BCUT2D eigenvalue weighted by Gasteiger charge is 2.14. The molecule has 1 aromatic heterocycles. The monoisotopic (exact) mass is 394 g/mol. The van der Waals surface area contributed by atoms with Crippen LogP contribution in [0.3, 0.4) is 0 Å². The normalized spacial score (nSPS) is 15.0. The Bertz CT molecular complexity index is 858. The van der Waals surface area contributed by atoms with Crippen molar-refractivity contribution in [2.45, 2.75) is 27.2 Å². The zero-order chi connectivity index (χ0) is 20.5. The molecule has 1 N–H and O–H groups in total. The van der Waals surface area contributed by atoms with Crippen LogP contribution in [0.25, 0.3) is 0 Å². The number of allylic oxidation sites excluding steroid dienone is 1. The summed E-state index contributed by atoms with van der Waals surface area (Å²) in [6, 6.07) is 12.2. The second-order valence-electron chi connectivity index (χ2n) is 7.17. The van der Waals surface area contributed by atoms with Gasteiger partial charge in [-0.3, -0.25) is 5.43 Å². The van der Waals surface area contributed by atoms with E-state index in [0.717, 1.165) is 44.0 Å². The van der Waals surface area contributed by atoms with Gasteiger partial charge >= 0.3 is 0 Å². The van der Waals surface area contributed by atoms with Gasteiger partial charge in [-0.15, -0.1) is 0 Å². The summed E-state index contributed by atoms with van der Waals surface area (Å²) in [4.78, 5) is 6.86. The van der Waals surface area contributed by atoms with Crippen LogP contribution in [-0.2, 0) is 4.74 Å². The van der Waals surface area contributed by atoms with Gasteiger partial charge in [-0.1, -0.05) is 41.5 Å². The Labute approximate surface area is 173 Å². The van der Waals surface area contributed by atoms with Crippen molar-refractivity contribution in [3.05, 3.63) is 59.2 Å². The molecule has 1 aromatic carbocycles. The van der Waals surface area contributed by atoms with Crippen molar-refractivity contribution < 1.29 is 9.47 Å². The van der Waals surface area contributed by atoms with Gasteiger partial charge in [0.05, 0.1) is 26.0 Å². The molecule has 2 heterocycles. The van der Waals surface area contributed by atoms with Crippen molar-refractivity contribution in [1.29, 1.82) is 0 Å². The molecule has 0 atom stereocenters. The Hall–Kier alpha value is -2.86. The molecule has 29 heavy (non-hydrogen) atoms. The molecule has 1 fully saturated rings. The summed E-state index contributed by atoms with van der Waals surface area (Å²) >= 11 is 0. The molecule has 2 aromatic rings. The molecule has 0 spiro atoms. The van der Waals surface area contributed by atoms with Crippen LogP contribution in [0.2, 0.25) is 0 Å². The summed E-state index contributed by atoms with van der Waals surface area (Å²) in [6.07, 6.45) is 4.79. The van der Waals surface area contributed by atoms with E-state index in [4.69, 9.17) is 9.47 Å². The Morgan fingerprint density at radius 2 is 2.10 bits per heavy atom. The number of ether oxygens (including phenoxy) is 2. The number of rotatable bonds is 8. The molecule has 6 nitrogen and oxygen atoms in total. The lowest BCUT2D eigenvalue weighted by atomic mass is 10.2. The van der Waals surface area contributed by atoms with E-state index in [1.54, 1.807) is 6.21 Å². The van der Waals surface area contributed by atoms with Crippen molar-refractivity contribution >= 4 is 17.7 Å². The third-order valence-corrected chi connectivity index (χ3v) is 4.84. The molecule has 0 amide bonds. The van der Waals surface area contributed by atoms with E-state index < -0.39 is 0 Å². The molecular formula is C23H30N4O2. The highest BCUT2D eigenvalue weighted by atomic mass is 16.5. The third-order valence-electron chi connectivity index (χ3n) is 4.84. The van der Waals surface area contributed by atoms with Gasteiger partial charge in [-0.2, -0.15) is 10.1 Å². The zero-order valence-corrected chi connectivity index (χ0v) is 17.5. The first kappa shape index (κ1) is 20.9. The summed E-state index contributed by atoms with van der Waals surface area (Å²) in [5.41, 5.74) is 7.66. The summed E-state index contributed by atoms with van der Waals surface area (Å²) in [7, 11) is 0. The van der Waals surface area contributed by atoms with Crippen molar-refractivity contribution in [3.8, 4) is 5.88 Å². The summed E-state index contributed by atoms with van der Waals surface area (Å²) < 4.78 is 11.4. The molecular weight excluding hydrogens is 364 g/mol. The fourth-order valence-electron chi connectivity index (χ4n) is 3.01. The molecule has 1 aliphatic rings. The van der Waals surface area contributed by atoms with Crippen molar-refractivity contribution in [2.75, 3.05) is 43.2 Å². The minimum Gasteiger partial charge on any atom is -0.477 e. The van der Waals surface area contributed by atoms with Crippen LogP contribution in [0.4, 0.5) is 11.5 Å². The largest absolute Gasteiger partial charge is 0.477 e. The van der Waals surface area contributed by atoms with Gasteiger partial charge in [0.25, 0.3) is 0 Å². The Morgan fingerprint density at radius 1 is 1.28 bits per heavy atom. The Balaban J connectivity index is 1.73. The van der Waals surface area contributed by atoms with Crippen LogP contribution in [-0.4, -0.2) is 44.1 Å². The molecule has 1 aliphatic heterocycles. The first-order valence-electron chi connectivity index (χ1n) is 10.1. The van der Waals surface area contributed by atoms with Crippen LogP contribution < -0.4 is 15.1 Å². The summed E-state index contributed by atoms with van der Waals surface area (Å²) in [5.74, 6) is 1.27. The minimum atomic E-state index is 0.599. The molecule has 0 unspecified atom stereocenters. The van der Waals surface area contributed by atoms with Crippen LogP contribution in [0.1, 0.15) is 31.4 Å². The molecule has 0 aliphatic carbocycles. The number of hydrazone groups is 1. The molecule has 0 bridgehead atoms. The summed E-state index contributed by atoms with van der Waals surface area (Å²) in [5, 5.41) is 4.36. The SMILES string of the molecule is C/C=C(\C)CCOc1cc(N2CCOCC2)cc(N/N=C/c2cccc(C)c2)n1. The number of morpholine rings is 1. The van der Waals surface area contributed by atoms with Crippen LogP contribution in [0.15, 0.2) is 53.1 Å². The lowest BCUT2D eigenvalue weighted by Gasteiger charge is -2.29. The number of hydrogen-bond acceptors (Lipinski definition) is 6. The van der Waals surface area contributed by atoms with E-state index in [1.807, 2.05) is 31.2 Å². The fraction of sp³-hybridized carbons (Fsp3) is 0.391. The van der Waals surface area contributed by atoms with Gasteiger partial charge in [0.2, 0.25) is 5.88 Å². The predicted octanol–water partition coefficient (Wildman–Crippen LogP) is 4.41. The topological polar surface area (TPSA) is 59.0 Å². The number of aromatic nitrogens is 1. The highest BCUT2D eigenvalue weighted by Crippen LogP contribution is 2.25. The lowest BCUT2D eigenvalue weighted by Crippen LogP contribution is -2.36. The number of hydrogen-bond donors (Lipinski definition) is 1. The van der Waals surface area contributed by atoms with Gasteiger partial charge in [0, 0.05) is 37.3 Å². The fourth-order valence-corrected chi connectivity index (χ4v) is 3.01. The van der Waals surface area contributed by atoms with E-state index in [-0.39, 0.29) is 0 Å². The van der Waals surface area contributed by atoms with Crippen molar-refractivity contribution in [3.63, 3.8) is 0 Å². The zero-order valence-electron chi connectivity index (χ0n) is 17.5. The second-order valence-corrected chi connectivity index (χ2v) is 7.17. The number of aryl methyl sites for hydroxylation is 1. The predicted molar refractivity (Wildman–Crippen MR) is 119 cm³/mol. The lowest BCUT2D eigenvalue weighted by molar-refractivity contribution is 0.122. The average Bonchev–Trinajstić information content (AvgIpc) is 2.74. The van der Waals surface area contributed by atoms with E-state index in [1.165, 1.54) is 11.1 Å². The maximum absolute atomic E-state index is 5.93. The molecule has 0 saturated carbocycles. The van der Waals surface area contributed by atoms with Crippen molar-refractivity contribution in [2.24, 2.45) is 5.10 Å². The first-order chi connectivity index (χ1) is 14.1. The Morgan fingerprint density at radius 3 is 2.86 bits per heavy atom. The maximum Gasteiger partial charge on any atom is 0.217 e. The van der Waals surface area contributed by atoms with E-state index in [0.29, 0.717) is 18.3 Å². The third kappa shape index (κ3) is 6.61. The van der Waals surface area contributed by atoms with Crippen LogP contribution >= 0.6 is 0 Å². The first-order valence-corrected chi connectivity index (χ1v) is 10.1. The van der Waals surface area contributed by atoms with Crippen LogP contribution in [0.5, 0.6) is 5.88 Å². The van der Waals surface area contributed by atoms with Gasteiger partial charge in [0.15, 0.2) is 5.82 Å². The highest BCUT2D eigenvalue weighted by molar-refractivity contribution is 5.80. The average molecular weight is 395 g/mol. The standard InChI is InChI=1S/C23H30N4O2/c1-4-18(2)8-11-29-23-16-21(27-9-12-28-13-10-27)15-22(25-23)26-24-17-20-7-5-6-19(3)14-20/h4-7,14-17H,8-13H2,1-3H3,(H,25,26)/b18-4+,24-17+.